The van der Waals surface area contributed by atoms with E-state index in [2.05, 4.69) is 27.1 Å². The first kappa shape index (κ1) is 62.0. The van der Waals surface area contributed by atoms with Crippen molar-refractivity contribution >= 4 is 28.3 Å². The first-order valence-electron chi connectivity index (χ1n) is 16.8. The van der Waals surface area contributed by atoms with E-state index in [1.807, 2.05) is 0 Å². The van der Waals surface area contributed by atoms with Crippen LogP contribution in [0.2, 0.25) is 0 Å². The Hall–Kier alpha value is -1.20. The van der Waals surface area contributed by atoms with Crippen LogP contribution in [-0.2, 0) is 29.0 Å². The summed E-state index contributed by atoms with van der Waals surface area (Å²) in [6.07, 6.45) is 11.7. The first-order chi connectivity index (χ1) is 24.9. The molecule has 320 valence electrons. The Labute approximate surface area is 338 Å². The molecule has 0 aliphatic rings. The number of carbonyl (C=O) groups is 3. The van der Waals surface area contributed by atoms with Crippen LogP contribution in [0.15, 0.2) is 0 Å². The number of aliphatic hydroxyl groups is 9. The van der Waals surface area contributed by atoms with Gasteiger partial charge in [0.15, 0.2) is 0 Å². The topological polar surface area (TPSA) is 396 Å². The van der Waals surface area contributed by atoms with E-state index in [1.54, 1.807) is 0 Å². The van der Waals surface area contributed by atoms with Crippen molar-refractivity contribution in [1.82, 2.24) is 16.0 Å². The third-order valence-electron chi connectivity index (χ3n) is 7.29. The summed E-state index contributed by atoms with van der Waals surface area (Å²) in [5, 5.41) is 110. The Balaban J connectivity index is -0.000000199. The number of carboxylic acids is 3. The molecule has 0 aliphatic heterocycles. The Bertz CT molecular complexity index is 897. The van der Waals surface area contributed by atoms with E-state index in [1.165, 1.54) is 44.9 Å². The molecule has 0 saturated heterocycles. The van der Waals surface area contributed by atoms with Crippen molar-refractivity contribution in [2.75, 3.05) is 85.7 Å². The molecule has 0 radical (unpaired) electrons. The van der Waals surface area contributed by atoms with E-state index >= 15 is 0 Å². The Kier molecular flexibility index (Phi) is 44.4. The van der Waals surface area contributed by atoms with Crippen LogP contribution in [0.5, 0.6) is 0 Å². The van der Waals surface area contributed by atoms with Crippen LogP contribution in [0.3, 0.4) is 0 Å². The van der Waals surface area contributed by atoms with Crippen LogP contribution in [0.4, 0.5) is 0 Å². The maximum Gasteiger partial charge on any atom is 1.00 e. The predicted molar refractivity (Wildman–Crippen MR) is 186 cm³/mol. The van der Waals surface area contributed by atoms with Gasteiger partial charge in [0.2, 0.25) is 10.4 Å². The maximum atomic E-state index is 10.1. The third kappa shape index (κ3) is 37.7. The first-order valence-corrected chi connectivity index (χ1v) is 18.2. The van der Waals surface area contributed by atoms with Crippen molar-refractivity contribution in [2.45, 2.75) is 87.7 Å². The second-order valence-corrected chi connectivity index (χ2v) is 13.0. The van der Waals surface area contributed by atoms with Gasteiger partial charge in [0, 0.05) is 0 Å². The minimum Gasteiger partial charge on any atom is -0.726 e. The van der Waals surface area contributed by atoms with Gasteiger partial charge in [0.05, 0.1) is 102 Å². The molecule has 0 heterocycles. The van der Waals surface area contributed by atoms with Gasteiger partial charge >= 0.3 is 47.5 Å². The van der Waals surface area contributed by atoms with Crippen LogP contribution in [0.1, 0.15) is 71.1 Å². The molecule has 0 aromatic carbocycles. The molecule has 0 fully saturated rings. The van der Waals surface area contributed by atoms with Gasteiger partial charge in [0.1, 0.15) is 0 Å². The van der Waals surface area contributed by atoms with E-state index in [0.29, 0.717) is 6.42 Å². The SMILES string of the molecule is CCCCCCCCCCCCOS(=O)(=O)[O-].O=C(O)CNC(CO)(CO)CO.O=C(O)CNC(CO)(CO)CO.O=C(O)CNC(CO)(CO)CO.[Na+]. The van der Waals surface area contributed by atoms with Crippen molar-refractivity contribution < 1.29 is 122 Å². The number of rotatable bonds is 30. The van der Waals surface area contributed by atoms with Crippen LogP contribution in [0, 0.1) is 0 Å². The molecule has 54 heavy (non-hydrogen) atoms. The average molecular weight is 826 g/mol. The van der Waals surface area contributed by atoms with Gasteiger partial charge < -0.3 is 65.8 Å². The second-order valence-electron chi connectivity index (χ2n) is 11.9. The number of unbranched alkanes of at least 4 members (excludes halogenated alkanes) is 9. The molecule has 0 spiro atoms. The summed E-state index contributed by atoms with van der Waals surface area (Å²) in [5.41, 5.74) is -3.92. The average Bonchev–Trinajstić information content (AvgIpc) is 3.13. The fourth-order valence-corrected chi connectivity index (χ4v) is 3.81. The molecule has 0 aromatic rings. The van der Waals surface area contributed by atoms with Gasteiger partial charge in [-0.1, -0.05) is 64.7 Å². The molecule has 0 rings (SSSR count). The van der Waals surface area contributed by atoms with Crippen LogP contribution >= 0.6 is 0 Å². The van der Waals surface area contributed by atoms with Gasteiger partial charge in [0.25, 0.3) is 0 Å². The molecule has 0 amide bonds. The van der Waals surface area contributed by atoms with Crippen LogP contribution in [0.25, 0.3) is 0 Å². The van der Waals surface area contributed by atoms with Crippen molar-refractivity contribution in [2.24, 2.45) is 0 Å². The largest absolute Gasteiger partial charge is 1.00 e. The fraction of sp³-hybridized carbons (Fsp3) is 0.900. The second kappa shape index (κ2) is 38.7. The van der Waals surface area contributed by atoms with E-state index in [0.717, 1.165) is 12.8 Å². The van der Waals surface area contributed by atoms with Gasteiger partial charge in [-0.05, 0) is 6.42 Å². The van der Waals surface area contributed by atoms with Gasteiger partial charge in [-0.3, -0.25) is 34.5 Å². The molecular formula is C30H64N3NaO19S. The van der Waals surface area contributed by atoms with Gasteiger partial charge in [-0.2, -0.15) is 0 Å². The van der Waals surface area contributed by atoms with Gasteiger partial charge in [-0.25, -0.2) is 8.42 Å². The molecule has 22 nitrogen and oxygen atoms in total. The predicted octanol–water partition coefficient (Wildman–Crippen LogP) is -7.48. The zero-order valence-corrected chi connectivity index (χ0v) is 34.2. The van der Waals surface area contributed by atoms with E-state index < -0.39 is 124 Å². The summed E-state index contributed by atoms with van der Waals surface area (Å²) in [6.45, 7) is -3.69. The molecule has 15 N–H and O–H groups in total. The molecule has 0 bridgehead atoms. The maximum absolute atomic E-state index is 10.1. The third-order valence-corrected chi connectivity index (χ3v) is 7.75. The van der Waals surface area contributed by atoms with E-state index in [9.17, 15) is 27.4 Å². The number of aliphatic hydroxyl groups excluding tert-OH is 9. The number of hydrogen-bond donors (Lipinski definition) is 15. The Morgan fingerprint density at radius 2 is 0.722 bits per heavy atom. The van der Waals surface area contributed by atoms with Crippen molar-refractivity contribution in [1.29, 1.82) is 0 Å². The van der Waals surface area contributed by atoms with Crippen molar-refractivity contribution in [3.05, 3.63) is 0 Å². The summed E-state index contributed by atoms with van der Waals surface area (Å²) in [7, 11) is -4.48. The normalized spacial score (nSPS) is 11.5. The molecule has 0 aromatic heterocycles. The fourth-order valence-electron chi connectivity index (χ4n) is 3.49. The Morgan fingerprint density at radius 3 is 0.907 bits per heavy atom. The smallest absolute Gasteiger partial charge is 0.726 e. The molecule has 0 atom stereocenters. The van der Waals surface area contributed by atoms with E-state index in [4.69, 9.17) is 61.3 Å². The summed E-state index contributed by atoms with van der Waals surface area (Å²) >= 11 is 0. The zero-order valence-electron chi connectivity index (χ0n) is 31.4. The number of carboxylic acid groups (broad SMARTS) is 3. The molecule has 24 heteroatoms. The van der Waals surface area contributed by atoms with Crippen molar-refractivity contribution in [3.63, 3.8) is 0 Å². The summed E-state index contributed by atoms with van der Waals surface area (Å²) in [4.78, 5) is 30.3. The number of hydrogen-bond acceptors (Lipinski definition) is 19. The number of aliphatic carboxylic acids is 3. The summed E-state index contributed by atoms with van der Waals surface area (Å²) in [6, 6.07) is 0. The quantitative estimate of drug-likeness (QED) is 0.0138. The standard InChI is InChI=1S/C12H26O4S.3C6H13NO5.Na/c1-2-3-4-5-6-7-8-9-10-11-12-16-17(13,14)15;3*8-2-6(3-9,4-10)7-1-5(11)12;/h2-12H2,1H3,(H,13,14,15);3*7-10H,1-4H2,(H,11,12);/q;;;;+1/p-1. The minimum atomic E-state index is -4.48. The summed E-state index contributed by atoms with van der Waals surface area (Å²) < 4.78 is 34.5. The molecule has 0 unspecified atom stereocenters. The van der Waals surface area contributed by atoms with E-state index in [-0.39, 0.29) is 36.2 Å². The van der Waals surface area contributed by atoms with Crippen LogP contribution in [-0.4, -0.2) is 194 Å². The molecular weight excluding hydrogens is 761 g/mol. The number of nitrogens with one attached hydrogen (secondary N) is 3. The summed E-state index contributed by atoms with van der Waals surface area (Å²) in [5.74, 6) is -3.35. The molecule has 0 saturated carbocycles. The molecule has 0 aliphatic carbocycles. The monoisotopic (exact) mass is 825 g/mol. The Morgan fingerprint density at radius 1 is 0.500 bits per heavy atom. The van der Waals surface area contributed by atoms with Crippen molar-refractivity contribution in [3.8, 4) is 0 Å². The van der Waals surface area contributed by atoms with Gasteiger partial charge in [-0.15, -0.1) is 0 Å². The zero-order chi connectivity index (χ0) is 41.8. The minimum absolute atomic E-state index is 0. The van der Waals surface area contributed by atoms with Crippen LogP contribution < -0.4 is 45.5 Å².